The van der Waals surface area contributed by atoms with Crippen LogP contribution in [0.4, 0.5) is 0 Å². The molecule has 0 spiro atoms. The molecule has 2 heterocycles. The normalized spacial score (nSPS) is 19.6. The van der Waals surface area contributed by atoms with E-state index in [0.717, 1.165) is 0 Å². The molecule has 5 heteroatoms. The van der Waals surface area contributed by atoms with Crippen molar-refractivity contribution >= 4 is 11.8 Å². The maximum Gasteiger partial charge on any atom is 0.253 e. The molecule has 1 aromatic heterocycles. The van der Waals surface area contributed by atoms with Gasteiger partial charge in [0.1, 0.15) is 0 Å². The lowest BCUT2D eigenvalue weighted by Crippen LogP contribution is -2.47. The number of aryl methyl sites for hydroxylation is 1. The van der Waals surface area contributed by atoms with Crippen LogP contribution in [0.15, 0.2) is 18.3 Å². The van der Waals surface area contributed by atoms with E-state index in [-0.39, 0.29) is 17.9 Å². The fourth-order valence-corrected chi connectivity index (χ4v) is 1.84. The van der Waals surface area contributed by atoms with Gasteiger partial charge in [0, 0.05) is 30.9 Å². The summed E-state index contributed by atoms with van der Waals surface area (Å²) in [4.78, 5) is 27.0. The fourth-order valence-electron chi connectivity index (χ4n) is 1.84. The second kappa shape index (κ2) is 4.95. The van der Waals surface area contributed by atoms with Gasteiger partial charge in [0.2, 0.25) is 5.91 Å². The van der Waals surface area contributed by atoms with Gasteiger partial charge in [-0.3, -0.25) is 14.6 Å². The first-order valence-corrected chi connectivity index (χ1v) is 5.66. The molecule has 17 heavy (non-hydrogen) atoms. The largest absolute Gasteiger partial charge is 0.354 e. The number of piperidine rings is 1. The number of carbonyl (C=O) groups excluding carboxylic acids is 2. The quantitative estimate of drug-likeness (QED) is 0.776. The molecule has 1 unspecified atom stereocenters. The Morgan fingerprint density at radius 3 is 3.06 bits per heavy atom. The predicted octanol–water partition coefficient (Wildman–Crippen LogP) is 0.398. The lowest BCUT2D eigenvalue weighted by Gasteiger charge is -2.23. The van der Waals surface area contributed by atoms with Crippen LogP contribution in [0.5, 0.6) is 0 Å². The van der Waals surface area contributed by atoms with Crippen molar-refractivity contribution in [2.45, 2.75) is 25.8 Å². The summed E-state index contributed by atoms with van der Waals surface area (Å²) < 4.78 is 0. The van der Waals surface area contributed by atoms with Crippen LogP contribution in [0, 0.1) is 6.92 Å². The number of nitrogens with zero attached hydrogens (tertiary/aromatic N) is 1. The van der Waals surface area contributed by atoms with Gasteiger partial charge in [0.05, 0.1) is 5.56 Å². The van der Waals surface area contributed by atoms with Crippen LogP contribution in [-0.4, -0.2) is 29.4 Å². The molecule has 0 radical (unpaired) electrons. The van der Waals surface area contributed by atoms with Crippen molar-refractivity contribution < 1.29 is 9.59 Å². The second-order valence-corrected chi connectivity index (χ2v) is 4.15. The Morgan fingerprint density at radius 2 is 2.41 bits per heavy atom. The zero-order valence-corrected chi connectivity index (χ0v) is 9.69. The first kappa shape index (κ1) is 11.6. The van der Waals surface area contributed by atoms with Gasteiger partial charge in [0.25, 0.3) is 5.91 Å². The lowest BCUT2D eigenvalue weighted by molar-refractivity contribution is -0.122. The summed E-state index contributed by atoms with van der Waals surface area (Å²) in [5.41, 5.74) is 1.30. The Labute approximate surface area is 99.6 Å². The van der Waals surface area contributed by atoms with E-state index in [4.69, 9.17) is 0 Å². The number of hydrogen-bond donors (Lipinski definition) is 2. The average molecular weight is 233 g/mol. The minimum atomic E-state index is -0.128. The highest BCUT2D eigenvalue weighted by Gasteiger charge is 2.20. The third kappa shape index (κ3) is 2.81. The summed E-state index contributed by atoms with van der Waals surface area (Å²) >= 11 is 0. The molecular formula is C12H15N3O2. The maximum atomic E-state index is 12.0. The zero-order chi connectivity index (χ0) is 12.3. The monoisotopic (exact) mass is 233 g/mol. The van der Waals surface area contributed by atoms with Gasteiger partial charge >= 0.3 is 0 Å². The van der Waals surface area contributed by atoms with Crippen LogP contribution in [0.2, 0.25) is 0 Å². The molecule has 1 atom stereocenters. The first-order chi connectivity index (χ1) is 8.16. The van der Waals surface area contributed by atoms with Gasteiger partial charge in [-0.25, -0.2) is 0 Å². The molecule has 1 fully saturated rings. The van der Waals surface area contributed by atoms with Crippen molar-refractivity contribution in [3.05, 3.63) is 29.6 Å². The van der Waals surface area contributed by atoms with Crippen molar-refractivity contribution in [3.63, 3.8) is 0 Å². The smallest absolute Gasteiger partial charge is 0.253 e. The molecule has 2 N–H and O–H groups in total. The summed E-state index contributed by atoms with van der Waals surface area (Å²) in [6.07, 6.45) is 2.82. The third-order valence-corrected chi connectivity index (χ3v) is 2.85. The summed E-state index contributed by atoms with van der Waals surface area (Å²) in [6, 6.07) is 3.50. The Balaban J connectivity index is 1.98. The predicted molar refractivity (Wildman–Crippen MR) is 62.5 cm³/mol. The average Bonchev–Trinajstić information content (AvgIpc) is 2.32. The lowest BCUT2D eigenvalue weighted by atomic mass is 10.1. The van der Waals surface area contributed by atoms with Gasteiger partial charge < -0.3 is 10.6 Å². The highest BCUT2D eigenvalue weighted by atomic mass is 16.2. The molecule has 1 aromatic rings. The zero-order valence-electron chi connectivity index (χ0n) is 9.69. The topological polar surface area (TPSA) is 71.1 Å². The van der Waals surface area contributed by atoms with Crippen molar-refractivity contribution in [2.24, 2.45) is 0 Å². The molecule has 2 amide bonds. The third-order valence-electron chi connectivity index (χ3n) is 2.85. The van der Waals surface area contributed by atoms with Crippen molar-refractivity contribution in [2.75, 3.05) is 6.54 Å². The Hall–Kier alpha value is -1.91. The van der Waals surface area contributed by atoms with E-state index >= 15 is 0 Å². The van der Waals surface area contributed by atoms with E-state index in [9.17, 15) is 9.59 Å². The molecule has 0 bridgehead atoms. The van der Waals surface area contributed by atoms with E-state index in [1.807, 2.05) is 0 Å². The van der Waals surface area contributed by atoms with E-state index in [0.29, 0.717) is 30.6 Å². The van der Waals surface area contributed by atoms with Gasteiger partial charge in [-0.1, -0.05) is 0 Å². The van der Waals surface area contributed by atoms with Gasteiger partial charge in [-0.2, -0.15) is 0 Å². The van der Waals surface area contributed by atoms with Crippen molar-refractivity contribution in [3.8, 4) is 0 Å². The highest BCUT2D eigenvalue weighted by molar-refractivity contribution is 5.95. The number of nitrogens with one attached hydrogen (secondary N) is 2. The summed E-state index contributed by atoms with van der Waals surface area (Å²) in [5.74, 6) is -0.0789. The van der Waals surface area contributed by atoms with Crippen LogP contribution in [0.3, 0.4) is 0 Å². The molecule has 0 aromatic carbocycles. The maximum absolute atomic E-state index is 12.0. The van der Waals surface area contributed by atoms with Gasteiger partial charge in [-0.15, -0.1) is 0 Å². The number of amides is 2. The minimum absolute atomic E-state index is 0.0137. The van der Waals surface area contributed by atoms with Crippen LogP contribution in [0.1, 0.15) is 28.9 Å². The van der Waals surface area contributed by atoms with Crippen LogP contribution >= 0.6 is 0 Å². The molecule has 1 saturated heterocycles. The number of hydrogen-bond acceptors (Lipinski definition) is 3. The Kier molecular flexibility index (Phi) is 3.37. The number of pyridine rings is 1. The molecule has 1 aliphatic heterocycles. The van der Waals surface area contributed by atoms with Crippen LogP contribution in [0.25, 0.3) is 0 Å². The highest BCUT2D eigenvalue weighted by Crippen LogP contribution is 2.07. The van der Waals surface area contributed by atoms with E-state index in [1.54, 1.807) is 25.3 Å². The van der Waals surface area contributed by atoms with Crippen LogP contribution < -0.4 is 10.6 Å². The first-order valence-electron chi connectivity index (χ1n) is 5.66. The number of carbonyl (C=O) groups is 2. The molecule has 90 valence electrons. The van der Waals surface area contributed by atoms with E-state index < -0.39 is 0 Å². The van der Waals surface area contributed by atoms with Crippen LogP contribution in [-0.2, 0) is 4.79 Å². The van der Waals surface area contributed by atoms with Gasteiger partial charge in [-0.05, 0) is 25.5 Å². The Bertz CT molecular complexity index is 435. The molecule has 5 nitrogen and oxygen atoms in total. The molecule has 1 aliphatic rings. The second-order valence-electron chi connectivity index (χ2n) is 4.15. The molecule has 2 rings (SSSR count). The SMILES string of the molecule is Cc1ncccc1C(=O)NC1CCC(=O)NC1. The summed E-state index contributed by atoms with van der Waals surface area (Å²) in [5, 5.41) is 5.64. The summed E-state index contributed by atoms with van der Waals surface area (Å²) in [7, 11) is 0. The van der Waals surface area contributed by atoms with Crippen molar-refractivity contribution in [1.82, 2.24) is 15.6 Å². The van der Waals surface area contributed by atoms with E-state index in [1.165, 1.54) is 0 Å². The van der Waals surface area contributed by atoms with Gasteiger partial charge in [0.15, 0.2) is 0 Å². The molecular weight excluding hydrogens is 218 g/mol. The minimum Gasteiger partial charge on any atom is -0.354 e. The molecule has 0 saturated carbocycles. The molecule has 0 aliphatic carbocycles. The standard InChI is InChI=1S/C12H15N3O2/c1-8-10(3-2-6-13-8)12(17)15-9-4-5-11(16)14-7-9/h2-3,6,9H,4-5,7H2,1H3,(H,14,16)(H,15,17). The summed E-state index contributed by atoms with van der Waals surface area (Å²) in [6.45, 7) is 2.31. The van der Waals surface area contributed by atoms with Crippen molar-refractivity contribution in [1.29, 1.82) is 0 Å². The Morgan fingerprint density at radius 1 is 1.59 bits per heavy atom. The van der Waals surface area contributed by atoms with E-state index in [2.05, 4.69) is 15.6 Å². The number of rotatable bonds is 2. The fraction of sp³-hybridized carbons (Fsp3) is 0.417. The number of aromatic nitrogens is 1.